The number of hydrogen-bond donors (Lipinski definition) is 0. The molecule has 0 radical (unpaired) electrons. The molecule has 0 atom stereocenters. The van der Waals surface area contributed by atoms with Crippen molar-refractivity contribution in [2.75, 3.05) is 7.11 Å². The molecule has 0 bridgehead atoms. The molecule has 0 saturated carbocycles. The van der Waals surface area contributed by atoms with E-state index in [0.717, 1.165) is 22.1 Å². The topological polar surface area (TPSA) is 87.2 Å². The van der Waals surface area contributed by atoms with Gasteiger partial charge in [0.25, 0.3) is 0 Å². The number of rotatable bonds is 2. The molecule has 0 aliphatic rings. The van der Waals surface area contributed by atoms with E-state index in [1.165, 1.54) is 25.0 Å². The first-order chi connectivity index (χ1) is 12.7. The van der Waals surface area contributed by atoms with Gasteiger partial charge in [-0.05, 0) is 18.6 Å². The number of methoxy groups -OCH3 is 1. The van der Waals surface area contributed by atoms with Crippen LogP contribution in [0.15, 0.2) is 12.4 Å². The fraction of sp³-hybridized carbons (Fsp3) is 0.267. The summed E-state index contributed by atoms with van der Waals surface area (Å²) < 4.78 is 45.9. The lowest BCUT2D eigenvalue weighted by molar-refractivity contribution is -0.141. The minimum Gasteiger partial charge on any atom is -0.465 e. The Morgan fingerprint density at radius 1 is 1.30 bits per heavy atom. The Morgan fingerprint density at radius 3 is 2.67 bits per heavy atom. The predicted octanol–water partition coefficient (Wildman–Crippen LogP) is 2.85. The third kappa shape index (κ3) is 2.63. The first-order valence-corrected chi connectivity index (χ1v) is 8.36. The summed E-state index contributed by atoms with van der Waals surface area (Å²) in [5, 5.41) is 8.28. The maximum atomic E-state index is 12.9. The van der Waals surface area contributed by atoms with E-state index in [1.54, 1.807) is 6.92 Å². The zero-order valence-corrected chi connectivity index (χ0v) is 15.0. The lowest BCUT2D eigenvalue weighted by Crippen LogP contribution is -2.06. The van der Waals surface area contributed by atoms with Gasteiger partial charge in [-0.3, -0.25) is 4.68 Å². The number of aryl methyl sites for hydroxylation is 2. The average molecular weight is 396 g/mol. The van der Waals surface area contributed by atoms with Gasteiger partial charge in [0.2, 0.25) is 0 Å². The molecule has 4 aromatic heterocycles. The fourth-order valence-corrected chi connectivity index (χ4v) is 3.81. The van der Waals surface area contributed by atoms with Gasteiger partial charge in [-0.25, -0.2) is 19.3 Å². The normalized spacial score (nSPS) is 12.2. The maximum Gasteiger partial charge on any atom is 0.435 e. The molecule has 0 unspecified atom stereocenters. The smallest absolute Gasteiger partial charge is 0.435 e. The molecule has 0 fully saturated rings. The lowest BCUT2D eigenvalue weighted by atomic mass is 10.2. The quantitative estimate of drug-likeness (QED) is 0.484. The van der Waals surface area contributed by atoms with Crippen molar-refractivity contribution in [2.45, 2.75) is 13.1 Å². The van der Waals surface area contributed by atoms with E-state index in [4.69, 9.17) is 4.74 Å². The van der Waals surface area contributed by atoms with E-state index < -0.39 is 17.8 Å². The van der Waals surface area contributed by atoms with E-state index in [2.05, 4.69) is 20.2 Å². The average Bonchev–Trinajstić information content (AvgIpc) is 3.28. The molecule has 0 saturated heterocycles. The molecule has 4 aromatic rings. The van der Waals surface area contributed by atoms with Crippen LogP contribution < -0.4 is 0 Å². The van der Waals surface area contributed by atoms with Gasteiger partial charge in [0.05, 0.1) is 12.5 Å². The molecule has 27 heavy (non-hydrogen) atoms. The molecule has 0 amide bonds. The van der Waals surface area contributed by atoms with E-state index in [0.29, 0.717) is 26.3 Å². The van der Waals surface area contributed by atoms with Crippen LogP contribution in [0, 0.1) is 6.92 Å². The van der Waals surface area contributed by atoms with Crippen LogP contribution in [0.25, 0.3) is 27.4 Å². The molecule has 0 aromatic carbocycles. The van der Waals surface area contributed by atoms with Crippen molar-refractivity contribution >= 4 is 33.2 Å². The predicted molar refractivity (Wildman–Crippen MR) is 89.4 cm³/mol. The minimum atomic E-state index is -4.57. The molecule has 140 valence electrons. The number of ether oxygens (including phenoxy) is 1. The monoisotopic (exact) mass is 396 g/mol. The standard InChI is InChI=1S/C15H11F3N6O2S/c1-6-9-12-20-11(7-4-8(15(16,17)18)21-23(7)2)22-24(12)5-19-13(9)27-10(6)14(25)26-3/h4-5H,1-3H3. The van der Waals surface area contributed by atoms with E-state index in [9.17, 15) is 18.0 Å². The van der Waals surface area contributed by atoms with Crippen molar-refractivity contribution < 1.29 is 22.7 Å². The van der Waals surface area contributed by atoms with Crippen molar-refractivity contribution in [3.05, 3.63) is 28.5 Å². The van der Waals surface area contributed by atoms with Crippen LogP contribution in [0.5, 0.6) is 0 Å². The van der Waals surface area contributed by atoms with Crippen LogP contribution >= 0.6 is 11.3 Å². The summed E-state index contributed by atoms with van der Waals surface area (Å²) >= 11 is 1.15. The zero-order chi connectivity index (χ0) is 19.5. The summed E-state index contributed by atoms with van der Waals surface area (Å²) in [6.07, 6.45) is -3.17. The maximum absolute atomic E-state index is 12.9. The number of aromatic nitrogens is 6. The molecule has 4 heterocycles. The summed E-state index contributed by atoms with van der Waals surface area (Å²) in [6.45, 7) is 1.73. The Labute approximate surface area is 153 Å². The van der Waals surface area contributed by atoms with Crippen LogP contribution in [-0.2, 0) is 18.0 Å². The second-order valence-electron chi connectivity index (χ2n) is 5.71. The van der Waals surface area contributed by atoms with Crippen LogP contribution in [0.3, 0.4) is 0 Å². The highest BCUT2D eigenvalue weighted by Gasteiger charge is 2.35. The van der Waals surface area contributed by atoms with Gasteiger partial charge in [-0.15, -0.1) is 16.4 Å². The Bertz CT molecular complexity index is 1210. The van der Waals surface area contributed by atoms with Gasteiger partial charge < -0.3 is 4.74 Å². The number of fused-ring (bicyclic) bond motifs is 3. The van der Waals surface area contributed by atoms with Gasteiger partial charge in [0.1, 0.15) is 21.7 Å². The summed E-state index contributed by atoms with van der Waals surface area (Å²) in [7, 11) is 2.67. The second-order valence-corrected chi connectivity index (χ2v) is 6.71. The molecule has 0 aliphatic heterocycles. The van der Waals surface area contributed by atoms with E-state index in [1.807, 2.05) is 0 Å². The second kappa shape index (κ2) is 5.74. The van der Waals surface area contributed by atoms with Crippen molar-refractivity contribution in [3.63, 3.8) is 0 Å². The lowest BCUT2D eigenvalue weighted by Gasteiger charge is -1.98. The molecule has 0 N–H and O–H groups in total. The molecule has 8 nitrogen and oxygen atoms in total. The summed E-state index contributed by atoms with van der Waals surface area (Å²) in [4.78, 5) is 21.5. The molecule has 0 spiro atoms. The zero-order valence-electron chi connectivity index (χ0n) is 14.2. The van der Waals surface area contributed by atoms with Gasteiger partial charge in [0, 0.05) is 7.05 Å². The van der Waals surface area contributed by atoms with Gasteiger partial charge in [-0.1, -0.05) is 0 Å². The highest BCUT2D eigenvalue weighted by Crippen LogP contribution is 2.34. The SMILES string of the molecule is COC(=O)c1sc2ncn3nc(-c4cc(C(F)(F)F)nn4C)nc3c2c1C. The van der Waals surface area contributed by atoms with Crippen molar-refractivity contribution in [1.82, 2.24) is 29.4 Å². The fourth-order valence-electron chi connectivity index (χ4n) is 2.74. The number of hydrogen-bond acceptors (Lipinski definition) is 7. The number of halogens is 3. The Morgan fingerprint density at radius 2 is 2.04 bits per heavy atom. The Kier molecular flexibility index (Phi) is 3.70. The highest BCUT2D eigenvalue weighted by atomic mass is 32.1. The molecule has 12 heteroatoms. The van der Waals surface area contributed by atoms with Gasteiger partial charge in [-0.2, -0.15) is 18.3 Å². The highest BCUT2D eigenvalue weighted by molar-refractivity contribution is 7.20. The third-order valence-corrected chi connectivity index (χ3v) is 5.22. The molecular formula is C15H11F3N6O2S. The van der Waals surface area contributed by atoms with E-state index >= 15 is 0 Å². The molecular weight excluding hydrogens is 385 g/mol. The Balaban J connectivity index is 1.93. The van der Waals surface area contributed by atoms with Crippen molar-refractivity contribution in [1.29, 1.82) is 0 Å². The number of esters is 1. The number of carbonyl (C=O) groups excluding carboxylic acids is 1. The van der Waals surface area contributed by atoms with Crippen LogP contribution in [0.4, 0.5) is 13.2 Å². The number of nitrogens with zero attached hydrogens (tertiary/aromatic N) is 6. The number of alkyl halides is 3. The van der Waals surface area contributed by atoms with Crippen molar-refractivity contribution in [2.24, 2.45) is 7.05 Å². The van der Waals surface area contributed by atoms with Crippen LogP contribution in [0.2, 0.25) is 0 Å². The van der Waals surface area contributed by atoms with Gasteiger partial charge in [0.15, 0.2) is 17.2 Å². The Hall–Kier alpha value is -3.02. The first kappa shape index (κ1) is 17.4. The number of thiophene rings is 1. The molecule has 0 aliphatic carbocycles. The number of carbonyl (C=O) groups is 1. The first-order valence-electron chi connectivity index (χ1n) is 7.55. The van der Waals surface area contributed by atoms with E-state index in [-0.39, 0.29) is 11.5 Å². The summed E-state index contributed by atoms with van der Waals surface area (Å²) in [5.74, 6) is -0.421. The van der Waals surface area contributed by atoms with Crippen molar-refractivity contribution in [3.8, 4) is 11.5 Å². The summed E-state index contributed by atoms with van der Waals surface area (Å²) in [5.41, 5.74) is 0.0932. The summed E-state index contributed by atoms with van der Waals surface area (Å²) in [6, 6.07) is 0.889. The minimum absolute atomic E-state index is 0.0695. The third-order valence-electron chi connectivity index (χ3n) is 4.04. The van der Waals surface area contributed by atoms with Crippen LogP contribution in [-0.4, -0.2) is 42.4 Å². The van der Waals surface area contributed by atoms with Gasteiger partial charge >= 0.3 is 12.1 Å². The molecule has 4 rings (SSSR count). The largest absolute Gasteiger partial charge is 0.465 e. The van der Waals surface area contributed by atoms with Crippen LogP contribution in [0.1, 0.15) is 20.9 Å².